The number of nitrogens with one attached hydrogen (secondary N) is 2. The van der Waals surface area contributed by atoms with Gasteiger partial charge in [0.2, 0.25) is 5.91 Å². The van der Waals surface area contributed by atoms with Crippen molar-refractivity contribution >= 4 is 23.1 Å². The molecule has 0 unspecified atom stereocenters. The maximum atomic E-state index is 10.8. The first-order valence-corrected chi connectivity index (χ1v) is 5.57. The Hall–Kier alpha value is -2.04. The summed E-state index contributed by atoms with van der Waals surface area (Å²) in [5, 5.41) is 0. The number of hydrazine groups is 1. The Bertz CT molecular complexity index is 456. The summed E-state index contributed by atoms with van der Waals surface area (Å²) in [5.74, 6) is 0.649. The number of carbonyl (C=O) groups excluding carboxylic acids is 1. The van der Waals surface area contributed by atoms with Crippen molar-refractivity contribution in [3.8, 4) is 0 Å². The average molecular weight is 232 g/mol. The third-order valence-corrected chi connectivity index (χ3v) is 2.62. The van der Waals surface area contributed by atoms with Crippen LogP contribution in [0.4, 0.5) is 11.4 Å². The molecule has 0 fully saturated rings. The molecule has 0 saturated heterocycles. The van der Waals surface area contributed by atoms with Crippen LogP contribution in [0.5, 0.6) is 0 Å². The van der Waals surface area contributed by atoms with E-state index < -0.39 is 0 Å². The van der Waals surface area contributed by atoms with E-state index >= 15 is 0 Å². The van der Waals surface area contributed by atoms with Crippen molar-refractivity contribution in [1.29, 1.82) is 0 Å². The molecule has 0 bridgehead atoms. The minimum Gasteiger partial charge on any atom is -0.372 e. The van der Waals surface area contributed by atoms with Gasteiger partial charge in [0.1, 0.15) is 5.84 Å². The van der Waals surface area contributed by atoms with Gasteiger partial charge in [0.05, 0.1) is 11.4 Å². The number of anilines is 1. The van der Waals surface area contributed by atoms with Gasteiger partial charge in [-0.3, -0.25) is 15.6 Å². The number of benzene rings is 1. The van der Waals surface area contributed by atoms with Crippen molar-refractivity contribution in [2.24, 2.45) is 4.99 Å². The number of para-hydroxylation sites is 2. The second-order valence-electron chi connectivity index (χ2n) is 4.02. The lowest BCUT2D eigenvalue weighted by Gasteiger charge is -2.17. The summed E-state index contributed by atoms with van der Waals surface area (Å²) in [6, 6.07) is 7.96. The number of amidine groups is 1. The molecular formula is C12H16N4O. The van der Waals surface area contributed by atoms with Crippen molar-refractivity contribution in [1.82, 2.24) is 10.9 Å². The van der Waals surface area contributed by atoms with Crippen LogP contribution in [0.15, 0.2) is 29.3 Å². The third-order valence-electron chi connectivity index (χ3n) is 2.62. The summed E-state index contributed by atoms with van der Waals surface area (Å²) in [6.45, 7) is 2.33. The molecule has 1 aromatic carbocycles. The number of aliphatic imine (C=N–C) groups is 1. The molecule has 90 valence electrons. The molecule has 0 saturated carbocycles. The third kappa shape index (κ3) is 2.75. The zero-order valence-electron chi connectivity index (χ0n) is 10.0. The first-order chi connectivity index (χ1) is 8.16. The number of hydrogen-bond donors (Lipinski definition) is 2. The maximum absolute atomic E-state index is 10.8. The number of hydrogen-bond acceptors (Lipinski definition) is 4. The van der Waals surface area contributed by atoms with Gasteiger partial charge in [0.25, 0.3) is 0 Å². The van der Waals surface area contributed by atoms with Gasteiger partial charge in [-0.2, -0.15) is 0 Å². The van der Waals surface area contributed by atoms with E-state index in [0.717, 1.165) is 30.2 Å². The van der Waals surface area contributed by atoms with Crippen LogP contribution in [0, 0.1) is 0 Å². The van der Waals surface area contributed by atoms with Crippen LogP contribution >= 0.6 is 0 Å². The van der Waals surface area contributed by atoms with E-state index in [4.69, 9.17) is 0 Å². The predicted molar refractivity (Wildman–Crippen MR) is 68.4 cm³/mol. The highest BCUT2D eigenvalue weighted by atomic mass is 16.2. The molecule has 1 aliphatic rings. The Kier molecular flexibility index (Phi) is 3.27. The number of amides is 1. The normalized spacial score (nSPS) is 14.5. The van der Waals surface area contributed by atoms with E-state index in [9.17, 15) is 4.79 Å². The van der Waals surface area contributed by atoms with E-state index in [1.807, 2.05) is 31.3 Å². The van der Waals surface area contributed by atoms with Gasteiger partial charge in [0.15, 0.2) is 0 Å². The van der Waals surface area contributed by atoms with Crippen LogP contribution in [0.2, 0.25) is 0 Å². The number of carbonyl (C=O) groups is 1. The van der Waals surface area contributed by atoms with E-state index in [1.54, 1.807) is 0 Å². The van der Waals surface area contributed by atoms with Gasteiger partial charge < -0.3 is 4.90 Å². The Morgan fingerprint density at radius 3 is 2.94 bits per heavy atom. The second-order valence-corrected chi connectivity index (χ2v) is 4.02. The van der Waals surface area contributed by atoms with Gasteiger partial charge in [-0.15, -0.1) is 0 Å². The lowest BCUT2D eigenvalue weighted by molar-refractivity contribution is -0.119. The van der Waals surface area contributed by atoms with Crippen LogP contribution in [-0.2, 0) is 4.79 Å². The molecule has 0 atom stereocenters. The number of fused-ring (bicyclic) bond motifs is 1. The van der Waals surface area contributed by atoms with Crippen LogP contribution < -0.4 is 15.8 Å². The monoisotopic (exact) mass is 232 g/mol. The summed E-state index contributed by atoms with van der Waals surface area (Å²) in [4.78, 5) is 17.5. The Balaban J connectivity index is 2.22. The molecule has 1 amide bonds. The molecule has 1 aromatic rings. The fraction of sp³-hybridized carbons (Fsp3) is 0.333. The molecule has 0 aliphatic carbocycles. The Morgan fingerprint density at radius 2 is 2.18 bits per heavy atom. The quantitative estimate of drug-likeness (QED) is 0.661. The molecule has 5 heteroatoms. The van der Waals surface area contributed by atoms with Crippen molar-refractivity contribution in [3.63, 3.8) is 0 Å². The van der Waals surface area contributed by atoms with Gasteiger partial charge in [-0.05, 0) is 12.1 Å². The standard InChI is InChI=1S/C12H16N4O/c1-9(17)14-15-12-7-8-16(2)11-6-4-3-5-10(11)13-12/h3-6H,7-8H2,1-2H3,(H,13,15)(H,14,17). The zero-order valence-corrected chi connectivity index (χ0v) is 10.0. The zero-order chi connectivity index (χ0) is 12.3. The molecule has 2 rings (SSSR count). The van der Waals surface area contributed by atoms with Gasteiger partial charge in [-0.25, -0.2) is 4.99 Å². The van der Waals surface area contributed by atoms with E-state index in [2.05, 4.69) is 20.7 Å². The predicted octanol–water partition coefficient (Wildman–Crippen LogP) is 1.20. The topological polar surface area (TPSA) is 56.7 Å². The van der Waals surface area contributed by atoms with Crippen molar-refractivity contribution in [3.05, 3.63) is 24.3 Å². The molecule has 1 aliphatic heterocycles. The smallest absolute Gasteiger partial charge is 0.235 e. The summed E-state index contributed by atoms with van der Waals surface area (Å²) >= 11 is 0. The summed E-state index contributed by atoms with van der Waals surface area (Å²) in [6.07, 6.45) is 0.769. The van der Waals surface area contributed by atoms with Gasteiger partial charge in [0, 0.05) is 26.9 Å². The van der Waals surface area contributed by atoms with Crippen LogP contribution in [0.1, 0.15) is 13.3 Å². The van der Waals surface area contributed by atoms with E-state index in [0.29, 0.717) is 0 Å². The van der Waals surface area contributed by atoms with Crippen molar-refractivity contribution in [2.45, 2.75) is 13.3 Å². The van der Waals surface area contributed by atoms with Crippen LogP contribution in [-0.4, -0.2) is 25.3 Å². The van der Waals surface area contributed by atoms with E-state index in [-0.39, 0.29) is 5.91 Å². The second kappa shape index (κ2) is 4.86. The molecule has 0 spiro atoms. The molecule has 0 radical (unpaired) electrons. The molecule has 0 aromatic heterocycles. The SMILES string of the molecule is CC(=O)NNC1=Nc2ccccc2N(C)CC1. The molecule has 2 N–H and O–H groups in total. The Morgan fingerprint density at radius 1 is 1.41 bits per heavy atom. The lowest BCUT2D eigenvalue weighted by Crippen LogP contribution is -2.41. The highest BCUT2D eigenvalue weighted by Crippen LogP contribution is 2.29. The van der Waals surface area contributed by atoms with Crippen molar-refractivity contribution in [2.75, 3.05) is 18.5 Å². The number of rotatable bonds is 0. The van der Waals surface area contributed by atoms with E-state index in [1.165, 1.54) is 6.92 Å². The molecule has 5 nitrogen and oxygen atoms in total. The molecular weight excluding hydrogens is 216 g/mol. The summed E-state index contributed by atoms with van der Waals surface area (Å²) in [7, 11) is 2.04. The van der Waals surface area contributed by atoms with Gasteiger partial charge in [-0.1, -0.05) is 12.1 Å². The van der Waals surface area contributed by atoms with Crippen molar-refractivity contribution < 1.29 is 4.79 Å². The fourth-order valence-electron chi connectivity index (χ4n) is 1.73. The van der Waals surface area contributed by atoms with Crippen LogP contribution in [0.25, 0.3) is 0 Å². The minimum absolute atomic E-state index is 0.126. The van der Waals surface area contributed by atoms with Gasteiger partial charge >= 0.3 is 0 Å². The maximum Gasteiger partial charge on any atom is 0.235 e. The minimum atomic E-state index is -0.126. The fourth-order valence-corrected chi connectivity index (χ4v) is 1.73. The first-order valence-electron chi connectivity index (χ1n) is 5.57. The largest absolute Gasteiger partial charge is 0.372 e. The summed E-state index contributed by atoms with van der Waals surface area (Å²) < 4.78 is 0. The average Bonchev–Trinajstić information content (AvgIpc) is 2.47. The molecule has 1 heterocycles. The van der Waals surface area contributed by atoms with Crippen LogP contribution in [0.3, 0.4) is 0 Å². The molecule has 17 heavy (non-hydrogen) atoms. The summed E-state index contributed by atoms with van der Waals surface area (Å²) in [5.41, 5.74) is 7.42. The Labute approximate surface area is 101 Å². The lowest BCUT2D eigenvalue weighted by atomic mass is 10.2. The first kappa shape index (κ1) is 11.4. The number of nitrogens with zero attached hydrogens (tertiary/aromatic N) is 2. The highest BCUT2D eigenvalue weighted by Gasteiger charge is 2.13. The highest BCUT2D eigenvalue weighted by molar-refractivity contribution is 5.90.